The van der Waals surface area contributed by atoms with Gasteiger partial charge in [0.2, 0.25) is 5.91 Å². The molecule has 2 heterocycles. The lowest BCUT2D eigenvalue weighted by Crippen LogP contribution is -2.42. The second-order valence-corrected chi connectivity index (χ2v) is 6.14. The number of carbonyl (C=O) groups is 4. The van der Waals surface area contributed by atoms with E-state index in [4.69, 9.17) is 16.6 Å². The predicted octanol–water partition coefficient (Wildman–Crippen LogP) is -1.93. The molecule has 2 rings (SSSR count). The molecule has 3 atom stereocenters. The van der Waals surface area contributed by atoms with Crippen LogP contribution >= 0.6 is 0 Å². The summed E-state index contributed by atoms with van der Waals surface area (Å²) in [5.74, 6) is -3.03. The number of Topliss-reactive ketones (excluding diaryl/α,β-unsaturated/α-hetero) is 2. The van der Waals surface area contributed by atoms with Crippen LogP contribution in [0.1, 0.15) is 18.5 Å². The quantitative estimate of drug-likeness (QED) is 0.398. The van der Waals surface area contributed by atoms with Gasteiger partial charge in [0.05, 0.1) is 31.4 Å². The van der Waals surface area contributed by atoms with Crippen molar-refractivity contribution >= 4 is 23.4 Å². The molecule has 0 aliphatic carbocycles. The maximum absolute atomic E-state index is 12.2. The van der Waals surface area contributed by atoms with Gasteiger partial charge in [-0.25, -0.2) is 4.98 Å². The lowest BCUT2D eigenvalue weighted by Gasteiger charge is -2.18. The standard InChI is InChI=1S/C15H21N5O5/c16-10(2-9-4-18-7-19-9)12(21)6-20-5-8(1-13(20)22)15(25)11(17)3-14(23)24/h4,7-8,10-11H,1-3,5-6,16-17H2,(H,18,19)(H,23,24)/t8?,10-,11-/m0/s1. The van der Waals surface area contributed by atoms with E-state index in [-0.39, 0.29) is 37.6 Å². The number of carboxylic acids is 1. The smallest absolute Gasteiger partial charge is 0.305 e. The molecule has 1 amide bonds. The Hall–Kier alpha value is -2.59. The van der Waals surface area contributed by atoms with Crippen molar-refractivity contribution in [1.29, 1.82) is 0 Å². The van der Waals surface area contributed by atoms with Gasteiger partial charge >= 0.3 is 5.97 Å². The zero-order valence-corrected chi connectivity index (χ0v) is 13.6. The van der Waals surface area contributed by atoms with Crippen LogP contribution in [-0.4, -0.2) is 68.6 Å². The minimum absolute atomic E-state index is 0.0491. The number of ketones is 2. The number of rotatable bonds is 9. The molecule has 1 aromatic heterocycles. The van der Waals surface area contributed by atoms with Crippen LogP contribution in [0.3, 0.4) is 0 Å². The number of nitrogens with one attached hydrogen (secondary N) is 1. The Balaban J connectivity index is 1.88. The van der Waals surface area contributed by atoms with E-state index in [2.05, 4.69) is 9.97 Å². The second kappa shape index (κ2) is 7.99. The highest BCUT2D eigenvalue weighted by Crippen LogP contribution is 2.20. The highest BCUT2D eigenvalue weighted by atomic mass is 16.4. The van der Waals surface area contributed by atoms with Gasteiger partial charge in [0.15, 0.2) is 11.6 Å². The molecule has 136 valence electrons. The van der Waals surface area contributed by atoms with Crippen LogP contribution in [0.25, 0.3) is 0 Å². The molecule has 0 bridgehead atoms. The van der Waals surface area contributed by atoms with Gasteiger partial charge in [-0.15, -0.1) is 0 Å². The fourth-order valence-electron chi connectivity index (χ4n) is 2.76. The van der Waals surface area contributed by atoms with E-state index in [1.165, 1.54) is 11.2 Å². The van der Waals surface area contributed by atoms with Crippen LogP contribution in [-0.2, 0) is 25.6 Å². The third kappa shape index (κ3) is 4.94. The molecule has 0 radical (unpaired) electrons. The molecule has 0 spiro atoms. The van der Waals surface area contributed by atoms with Crippen LogP contribution in [0.4, 0.5) is 0 Å². The predicted molar refractivity (Wildman–Crippen MR) is 85.2 cm³/mol. The van der Waals surface area contributed by atoms with Crippen LogP contribution in [0.5, 0.6) is 0 Å². The number of aliphatic carboxylic acids is 1. The number of amides is 1. The lowest BCUT2D eigenvalue weighted by molar-refractivity contribution is -0.139. The number of hydrogen-bond acceptors (Lipinski definition) is 7. The van der Waals surface area contributed by atoms with E-state index in [9.17, 15) is 19.2 Å². The molecular formula is C15H21N5O5. The SMILES string of the molecule is N[C@@H](Cc1cnc[nH]1)C(=O)CN1CC(C(=O)[C@@H](N)CC(=O)O)CC1=O. The molecule has 1 aliphatic heterocycles. The summed E-state index contributed by atoms with van der Waals surface area (Å²) in [6.07, 6.45) is 2.75. The summed E-state index contributed by atoms with van der Waals surface area (Å²) in [5.41, 5.74) is 12.1. The Morgan fingerprint density at radius 1 is 1.36 bits per heavy atom. The highest BCUT2D eigenvalue weighted by Gasteiger charge is 2.37. The maximum atomic E-state index is 12.2. The molecule has 10 nitrogen and oxygen atoms in total. The van der Waals surface area contributed by atoms with Gasteiger partial charge in [0.1, 0.15) is 0 Å². The Bertz CT molecular complexity index is 659. The van der Waals surface area contributed by atoms with E-state index < -0.39 is 36.2 Å². The van der Waals surface area contributed by atoms with Crippen molar-refractivity contribution in [3.8, 4) is 0 Å². The van der Waals surface area contributed by atoms with Gasteiger partial charge in [-0.3, -0.25) is 19.2 Å². The number of aromatic amines is 1. The van der Waals surface area contributed by atoms with E-state index in [0.717, 1.165) is 0 Å². The molecule has 25 heavy (non-hydrogen) atoms. The number of carboxylic acid groups (broad SMARTS) is 1. The minimum atomic E-state index is -1.18. The third-order valence-corrected chi connectivity index (χ3v) is 4.13. The minimum Gasteiger partial charge on any atom is -0.481 e. The first-order valence-corrected chi connectivity index (χ1v) is 7.82. The number of nitrogens with two attached hydrogens (primary N) is 2. The summed E-state index contributed by atoms with van der Waals surface area (Å²) in [6.45, 7) is -0.139. The number of imidazole rings is 1. The maximum Gasteiger partial charge on any atom is 0.305 e. The van der Waals surface area contributed by atoms with Gasteiger partial charge in [-0.1, -0.05) is 0 Å². The Morgan fingerprint density at radius 2 is 2.08 bits per heavy atom. The zero-order chi connectivity index (χ0) is 18.6. The van der Waals surface area contributed by atoms with Gasteiger partial charge in [-0.2, -0.15) is 0 Å². The van der Waals surface area contributed by atoms with E-state index in [1.54, 1.807) is 6.20 Å². The van der Waals surface area contributed by atoms with E-state index in [1.807, 2.05) is 0 Å². The summed E-state index contributed by atoms with van der Waals surface area (Å²) < 4.78 is 0. The molecule has 0 aromatic carbocycles. The summed E-state index contributed by atoms with van der Waals surface area (Å²) in [4.78, 5) is 54.9. The molecule has 1 fully saturated rings. The lowest BCUT2D eigenvalue weighted by atomic mass is 9.96. The van der Waals surface area contributed by atoms with Crippen molar-refractivity contribution in [2.75, 3.05) is 13.1 Å². The number of H-pyrrole nitrogens is 1. The van der Waals surface area contributed by atoms with Crippen molar-refractivity contribution in [3.63, 3.8) is 0 Å². The van der Waals surface area contributed by atoms with Crippen molar-refractivity contribution in [3.05, 3.63) is 18.2 Å². The Kier molecular flexibility index (Phi) is 5.99. The van der Waals surface area contributed by atoms with Crippen molar-refractivity contribution < 1.29 is 24.3 Å². The summed E-state index contributed by atoms with van der Waals surface area (Å²) in [5, 5.41) is 8.69. The number of carbonyl (C=O) groups excluding carboxylic acids is 3. The average molecular weight is 351 g/mol. The van der Waals surface area contributed by atoms with E-state index in [0.29, 0.717) is 5.69 Å². The first kappa shape index (κ1) is 18.7. The molecule has 1 aliphatic rings. The van der Waals surface area contributed by atoms with Gasteiger partial charge in [-0.05, 0) is 0 Å². The van der Waals surface area contributed by atoms with Gasteiger partial charge in [0.25, 0.3) is 0 Å². The van der Waals surface area contributed by atoms with Crippen LogP contribution in [0.15, 0.2) is 12.5 Å². The molecular weight excluding hydrogens is 330 g/mol. The third-order valence-electron chi connectivity index (χ3n) is 4.13. The van der Waals surface area contributed by atoms with Crippen molar-refractivity contribution in [1.82, 2.24) is 14.9 Å². The summed E-state index contributed by atoms with van der Waals surface area (Å²) >= 11 is 0. The molecule has 10 heteroatoms. The van der Waals surface area contributed by atoms with Crippen LogP contribution in [0.2, 0.25) is 0 Å². The number of nitrogens with zero attached hydrogens (tertiary/aromatic N) is 2. The average Bonchev–Trinajstić information content (AvgIpc) is 3.16. The van der Waals surface area contributed by atoms with Crippen molar-refractivity contribution in [2.24, 2.45) is 17.4 Å². The molecule has 6 N–H and O–H groups in total. The topological polar surface area (TPSA) is 172 Å². The molecule has 0 saturated carbocycles. The van der Waals surface area contributed by atoms with Gasteiger partial charge < -0.3 is 26.5 Å². The van der Waals surface area contributed by atoms with Gasteiger partial charge in [0, 0.05) is 37.2 Å². The second-order valence-electron chi connectivity index (χ2n) is 6.14. The number of hydrogen-bond donors (Lipinski definition) is 4. The number of aromatic nitrogens is 2. The Labute approximate surface area is 143 Å². The monoisotopic (exact) mass is 351 g/mol. The largest absolute Gasteiger partial charge is 0.481 e. The van der Waals surface area contributed by atoms with Crippen molar-refractivity contribution in [2.45, 2.75) is 31.3 Å². The highest BCUT2D eigenvalue weighted by molar-refractivity contribution is 5.96. The number of likely N-dealkylation sites (tertiary alicyclic amines) is 1. The summed E-state index contributed by atoms with van der Waals surface area (Å²) in [6, 6.07) is -1.95. The van der Waals surface area contributed by atoms with Crippen LogP contribution in [0, 0.1) is 5.92 Å². The van der Waals surface area contributed by atoms with Crippen LogP contribution < -0.4 is 11.5 Å². The summed E-state index contributed by atoms with van der Waals surface area (Å²) in [7, 11) is 0. The Morgan fingerprint density at radius 3 is 2.68 bits per heavy atom. The fraction of sp³-hybridized carbons (Fsp3) is 0.533. The molecule has 1 unspecified atom stereocenters. The first-order chi connectivity index (χ1) is 11.8. The molecule has 1 aromatic rings. The molecule has 1 saturated heterocycles. The zero-order valence-electron chi connectivity index (χ0n) is 13.6. The fourth-order valence-corrected chi connectivity index (χ4v) is 2.76. The van der Waals surface area contributed by atoms with E-state index >= 15 is 0 Å². The first-order valence-electron chi connectivity index (χ1n) is 7.82. The normalized spacial score (nSPS) is 19.7.